The van der Waals surface area contributed by atoms with Crippen molar-refractivity contribution in [1.29, 1.82) is 0 Å². The molecule has 0 unspecified atom stereocenters. The zero-order valence-corrected chi connectivity index (χ0v) is 12.0. The molecular formula is C14H18F2N2OS. The molecule has 0 saturated heterocycles. The Morgan fingerprint density at radius 3 is 2.65 bits per heavy atom. The lowest BCUT2D eigenvalue weighted by atomic mass is 10.1. The van der Waals surface area contributed by atoms with Gasteiger partial charge in [-0.1, -0.05) is 25.7 Å². The van der Waals surface area contributed by atoms with E-state index in [1.54, 1.807) is 12.1 Å². The summed E-state index contributed by atoms with van der Waals surface area (Å²) >= 11 is 0.314. The molecule has 3 nitrogen and oxygen atoms in total. The van der Waals surface area contributed by atoms with Gasteiger partial charge in [-0.05, 0) is 36.7 Å². The van der Waals surface area contributed by atoms with E-state index in [-0.39, 0.29) is 22.5 Å². The Bertz CT molecular complexity index is 449. The standard InChI is InChI=1S/C14H18F2N2OS/c15-14(16)20-13-11(8-5-9-17-13)12(19)18-10-6-3-1-2-4-7-10/h5,8-10,14H,1-4,6-7H2,(H,18,19). The molecule has 1 aliphatic carbocycles. The minimum absolute atomic E-state index is 0.0913. The lowest BCUT2D eigenvalue weighted by Gasteiger charge is -2.17. The van der Waals surface area contributed by atoms with Crippen molar-refractivity contribution in [2.75, 3.05) is 0 Å². The number of rotatable bonds is 4. The summed E-state index contributed by atoms with van der Waals surface area (Å²) in [7, 11) is 0. The molecule has 0 radical (unpaired) electrons. The van der Waals surface area contributed by atoms with Gasteiger partial charge in [-0.25, -0.2) is 4.98 Å². The van der Waals surface area contributed by atoms with Crippen LogP contribution in [-0.2, 0) is 0 Å². The molecule has 1 heterocycles. The van der Waals surface area contributed by atoms with Gasteiger partial charge in [0.2, 0.25) is 0 Å². The van der Waals surface area contributed by atoms with Gasteiger partial charge in [0.25, 0.3) is 11.7 Å². The number of carbonyl (C=O) groups is 1. The third-order valence-electron chi connectivity index (χ3n) is 3.41. The number of thioether (sulfide) groups is 1. The van der Waals surface area contributed by atoms with Gasteiger partial charge in [-0.3, -0.25) is 4.79 Å². The molecule has 1 amide bonds. The molecule has 1 aromatic rings. The van der Waals surface area contributed by atoms with Crippen molar-refractivity contribution >= 4 is 17.7 Å². The summed E-state index contributed by atoms with van der Waals surface area (Å²) in [6.45, 7) is 0. The van der Waals surface area contributed by atoms with Crippen LogP contribution in [0.5, 0.6) is 0 Å². The van der Waals surface area contributed by atoms with Crippen LogP contribution >= 0.6 is 11.8 Å². The molecule has 1 aromatic heterocycles. The summed E-state index contributed by atoms with van der Waals surface area (Å²) < 4.78 is 24.9. The molecule has 0 aromatic carbocycles. The smallest absolute Gasteiger partial charge is 0.290 e. The fourth-order valence-electron chi connectivity index (χ4n) is 2.43. The van der Waals surface area contributed by atoms with E-state index in [2.05, 4.69) is 10.3 Å². The van der Waals surface area contributed by atoms with Gasteiger partial charge >= 0.3 is 0 Å². The molecule has 0 aliphatic heterocycles. The maximum Gasteiger partial charge on any atom is 0.290 e. The Balaban J connectivity index is 2.04. The monoisotopic (exact) mass is 300 g/mol. The number of carbonyl (C=O) groups excluding carboxylic acids is 1. The molecule has 20 heavy (non-hydrogen) atoms. The zero-order chi connectivity index (χ0) is 14.4. The van der Waals surface area contributed by atoms with Crippen LogP contribution in [0.4, 0.5) is 8.78 Å². The van der Waals surface area contributed by atoms with Gasteiger partial charge in [-0.2, -0.15) is 8.78 Å². The first-order valence-corrected chi connectivity index (χ1v) is 7.75. The number of nitrogens with zero attached hydrogens (tertiary/aromatic N) is 1. The van der Waals surface area contributed by atoms with Crippen LogP contribution in [0.1, 0.15) is 48.9 Å². The lowest BCUT2D eigenvalue weighted by molar-refractivity contribution is 0.0929. The summed E-state index contributed by atoms with van der Waals surface area (Å²) in [5, 5.41) is 3.04. The number of nitrogens with one attached hydrogen (secondary N) is 1. The second kappa shape index (κ2) is 7.57. The first kappa shape index (κ1) is 15.2. The molecule has 0 bridgehead atoms. The van der Waals surface area contributed by atoms with Crippen molar-refractivity contribution in [1.82, 2.24) is 10.3 Å². The first-order chi connectivity index (χ1) is 9.66. The fraction of sp³-hybridized carbons (Fsp3) is 0.571. The largest absolute Gasteiger partial charge is 0.349 e. The minimum Gasteiger partial charge on any atom is -0.349 e. The Kier molecular flexibility index (Phi) is 5.76. The van der Waals surface area contributed by atoms with Crippen LogP contribution in [-0.4, -0.2) is 22.7 Å². The number of amides is 1. The molecule has 1 aliphatic rings. The molecule has 0 atom stereocenters. The topological polar surface area (TPSA) is 42.0 Å². The second-order valence-corrected chi connectivity index (χ2v) is 5.88. The van der Waals surface area contributed by atoms with Gasteiger partial charge in [0.15, 0.2) is 0 Å². The van der Waals surface area contributed by atoms with Crippen LogP contribution in [0.15, 0.2) is 23.4 Å². The van der Waals surface area contributed by atoms with Crippen LogP contribution in [0, 0.1) is 0 Å². The molecular weight excluding hydrogens is 282 g/mol. The molecule has 0 spiro atoms. The second-order valence-electron chi connectivity index (χ2n) is 4.90. The highest BCUT2D eigenvalue weighted by Gasteiger charge is 2.20. The van der Waals surface area contributed by atoms with Crippen LogP contribution in [0.3, 0.4) is 0 Å². The lowest BCUT2D eigenvalue weighted by Crippen LogP contribution is -2.34. The quantitative estimate of drug-likeness (QED) is 0.678. The summed E-state index contributed by atoms with van der Waals surface area (Å²) in [6, 6.07) is 3.29. The summed E-state index contributed by atoms with van der Waals surface area (Å²) in [5.74, 6) is -2.87. The average Bonchev–Trinajstić information content (AvgIpc) is 2.67. The van der Waals surface area contributed by atoms with Crippen molar-refractivity contribution in [3.63, 3.8) is 0 Å². The van der Waals surface area contributed by atoms with Crippen molar-refractivity contribution < 1.29 is 13.6 Å². The third-order valence-corrected chi connectivity index (χ3v) is 4.13. The van der Waals surface area contributed by atoms with Crippen molar-refractivity contribution in [3.8, 4) is 0 Å². The number of aromatic nitrogens is 1. The molecule has 1 fully saturated rings. The maximum atomic E-state index is 12.5. The van der Waals surface area contributed by atoms with Crippen molar-refractivity contribution in [2.45, 2.75) is 55.4 Å². The fourth-order valence-corrected chi connectivity index (χ4v) is 3.01. The zero-order valence-electron chi connectivity index (χ0n) is 11.1. The van der Waals surface area contributed by atoms with Gasteiger partial charge in [-0.15, -0.1) is 0 Å². The van der Waals surface area contributed by atoms with E-state index in [4.69, 9.17) is 0 Å². The summed E-state index contributed by atoms with van der Waals surface area (Å²) in [4.78, 5) is 16.1. The van der Waals surface area contributed by atoms with Crippen molar-refractivity contribution in [2.24, 2.45) is 0 Å². The van der Waals surface area contributed by atoms with E-state index in [9.17, 15) is 13.6 Å². The van der Waals surface area contributed by atoms with E-state index in [0.717, 1.165) is 25.7 Å². The van der Waals surface area contributed by atoms with Crippen LogP contribution in [0.25, 0.3) is 0 Å². The van der Waals surface area contributed by atoms with E-state index in [1.807, 2.05) is 0 Å². The number of pyridine rings is 1. The van der Waals surface area contributed by atoms with E-state index < -0.39 is 5.76 Å². The number of hydrogen-bond acceptors (Lipinski definition) is 3. The average molecular weight is 300 g/mol. The summed E-state index contributed by atoms with van der Waals surface area (Å²) in [5.41, 5.74) is 0.238. The van der Waals surface area contributed by atoms with Crippen LogP contribution < -0.4 is 5.32 Å². The van der Waals surface area contributed by atoms with E-state index in [0.29, 0.717) is 11.8 Å². The highest BCUT2D eigenvalue weighted by molar-refractivity contribution is 7.99. The van der Waals surface area contributed by atoms with Gasteiger partial charge in [0.05, 0.1) is 5.56 Å². The first-order valence-electron chi connectivity index (χ1n) is 6.87. The van der Waals surface area contributed by atoms with Crippen LogP contribution in [0.2, 0.25) is 0 Å². The van der Waals surface area contributed by atoms with E-state index in [1.165, 1.54) is 19.0 Å². The predicted octanol–water partition coefficient (Wildman–Crippen LogP) is 3.85. The van der Waals surface area contributed by atoms with Gasteiger partial charge in [0, 0.05) is 12.2 Å². The summed E-state index contributed by atoms with van der Waals surface area (Å²) in [6.07, 6.45) is 7.96. The Hall–Kier alpha value is -1.17. The highest BCUT2D eigenvalue weighted by atomic mass is 32.2. The number of hydrogen-bond donors (Lipinski definition) is 1. The Labute approximate surface area is 121 Å². The van der Waals surface area contributed by atoms with Crippen molar-refractivity contribution in [3.05, 3.63) is 23.9 Å². The molecule has 2 rings (SSSR count). The third kappa shape index (κ3) is 4.44. The molecule has 110 valence electrons. The maximum absolute atomic E-state index is 12.5. The number of alkyl halides is 2. The number of halogens is 2. The Morgan fingerprint density at radius 1 is 1.30 bits per heavy atom. The predicted molar refractivity (Wildman–Crippen MR) is 75.1 cm³/mol. The highest BCUT2D eigenvalue weighted by Crippen LogP contribution is 2.26. The van der Waals surface area contributed by atoms with Gasteiger partial charge in [0.1, 0.15) is 5.03 Å². The molecule has 1 saturated carbocycles. The molecule has 1 N–H and O–H groups in total. The van der Waals surface area contributed by atoms with E-state index >= 15 is 0 Å². The normalized spacial score (nSPS) is 16.9. The minimum atomic E-state index is -2.57. The molecule has 6 heteroatoms. The Morgan fingerprint density at radius 2 is 2.00 bits per heavy atom. The van der Waals surface area contributed by atoms with Gasteiger partial charge < -0.3 is 5.32 Å². The SMILES string of the molecule is O=C(NC1CCCCCC1)c1cccnc1SC(F)F.